The van der Waals surface area contributed by atoms with Crippen LogP contribution in [0.4, 0.5) is 5.82 Å². The predicted molar refractivity (Wildman–Crippen MR) is 70.5 cm³/mol. The number of nitrogens with zero attached hydrogens (tertiary/aromatic N) is 3. The third-order valence-electron chi connectivity index (χ3n) is 3.58. The van der Waals surface area contributed by atoms with Crippen molar-refractivity contribution in [2.24, 2.45) is 11.8 Å². The van der Waals surface area contributed by atoms with Gasteiger partial charge in [0.15, 0.2) is 0 Å². The van der Waals surface area contributed by atoms with Crippen LogP contribution in [0.15, 0.2) is 18.2 Å². The quantitative estimate of drug-likeness (QED) is 0.754. The maximum atomic E-state index is 11.6. The molecule has 2 atom stereocenters. The average molecular weight is 259 g/mol. The first-order chi connectivity index (χ1) is 9.15. The van der Waals surface area contributed by atoms with E-state index in [1.165, 1.54) is 7.11 Å². The van der Waals surface area contributed by atoms with E-state index in [9.17, 15) is 4.79 Å². The van der Waals surface area contributed by atoms with Crippen molar-refractivity contribution in [3.8, 4) is 6.07 Å². The number of esters is 1. The lowest BCUT2D eigenvalue weighted by Crippen LogP contribution is -2.42. The van der Waals surface area contributed by atoms with Gasteiger partial charge in [-0.2, -0.15) is 5.26 Å². The van der Waals surface area contributed by atoms with Gasteiger partial charge in [0.05, 0.1) is 13.0 Å². The van der Waals surface area contributed by atoms with Crippen molar-refractivity contribution in [2.45, 2.75) is 13.3 Å². The van der Waals surface area contributed by atoms with Gasteiger partial charge in [-0.3, -0.25) is 4.79 Å². The van der Waals surface area contributed by atoms with Crippen molar-refractivity contribution in [1.29, 1.82) is 5.26 Å². The molecule has 0 saturated carbocycles. The van der Waals surface area contributed by atoms with Crippen LogP contribution in [0.3, 0.4) is 0 Å². The van der Waals surface area contributed by atoms with E-state index in [1.54, 1.807) is 6.07 Å². The molecule has 0 amide bonds. The predicted octanol–water partition coefficient (Wildman–Crippen LogP) is 1.59. The lowest BCUT2D eigenvalue weighted by Gasteiger charge is -2.36. The molecule has 1 aromatic heterocycles. The highest BCUT2D eigenvalue weighted by molar-refractivity contribution is 5.73. The van der Waals surface area contributed by atoms with E-state index in [4.69, 9.17) is 10.00 Å². The van der Waals surface area contributed by atoms with Crippen LogP contribution in [0.1, 0.15) is 19.0 Å². The van der Waals surface area contributed by atoms with Crippen molar-refractivity contribution in [3.05, 3.63) is 23.9 Å². The number of rotatable bonds is 2. The summed E-state index contributed by atoms with van der Waals surface area (Å²) >= 11 is 0. The zero-order valence-corrected chi connectivity index (χ0v) is 11.2. The maximum absolute atomic E-state index is 11.6. The Morgan fingerprint density at radius 3 is 3.00 bits per heavy atom. The zero-order chi connectivity index (χ0) is 13.8. The third kappa shape index (κ3) is 2.84. The molecule has 1 aliphatic heterocycles. The average Bonchev–Trinajstić information content (AvgIpc) is 2.46. The van der Waals surface area contributed by atoms with Gasteiger partial charge in [0.2, 0.25) is 0 Å². The number of hydrogen-bond donors (Lipinski definition) is 0. The minimum Gasteiger partial charge on any atom is -0.469 e. The van der Waals surface area contributed by atoms with Gasteiger partial charge in [-0.05, 0) is 24.5 Å². The molecule has 0 bridgehead atoms. The zero-order valence-electron chi connectivity index (χ0n) is 11.2. The molecule has 2 rings (SSSR count). The van der Waals surface area contributed by atoms with Crippen LogP contribution >= 0.6 is 0 Å². The molecule has 1 aliphatic rings. The van der Waals surface area contributed by atoms with Gasteiger partial charge >= 0.3 is 5.97 Å². The molecule has 5 nitrogen and oxygen atoms in total. The molecule has 1 fully saturated rings. The molecule has 1 aromatic rings. The van der Waals surface area contributed by atoms with Crippen LogP contribution < -0.4 is 4.90 Å². The van der Waals surface area contributed by atoms with Gasteiger partial charge in [-0.15, -0.1) is 0 Å². The van der Waals surface area contributed by atoms with Gasteiger partial charge in [0.1, 0.15) is 17.6 Å². The number of aromatic nitrogens is 1. The summed E-state index contributed by atoms with van der Waals surface area (Å²) in [6, 6.07) is 7.46. The van der Waals surface area contributed by atoms with Gasteiger partial charge in [0, 0.05) is 13.1 Å². The summed E-state index contributed by atoms with van der Waals surface area (Å²) < 4.78 is 4.82. The highest BCUT2D eigenvalue weighted by atomic mass is 16.5. The first-order valence-electron chi connectivity index (χ1n) is 6.35. The Labute approximate surface area is 112 Å². The van der Waals surface area contributed by atoms with Gasteiger partial charge < -0.3 is 9.64 Å². The number of carbonyl (C=O) groups excluding carboxylic acids is 1. The summed E-state index contributed by atoms with van der Waals surface area (Å²) in [4.78, 5) is 18.0. The monoisotopic (exact) mass is 259 g/mol. The number of pyridine rings is 1. The van der Waals surface area contributed by atoms with E-state index in [0.29, 0.717) is 5.69 Å². The molecule has 2 unspecified atom stereocenters. The number of ether oxygens (including phenoxy) is 1. The van der Waals surface area contributed by atoms with Crippen LogP contribution in [-0.4, -0.2) is 31.2 Å². The molecule has 2 heterocycles. The fraction of sp³-hybridized carbons (Fsp3) is 0.500. The molecule has 0 spiro atoms. The second-order valence-corrected chi connectivity index (χ2v) is 4.83. The highest BCUT2D eigenvalue weighted by Crippen LogP contribution is 2.27. The second kappa shape index (κ2) is 5.70. The summed E-state index contributed by atoms with van der Waals surface area (Å²) in [5.74, 6) is 0.842. The highest BCUT2D eigenvalue weighted by Gasteiger charge is 2.32. The molecule has 5 heteroatoms. The van der Waals surface area contributed by atoms with E-state index < -0.39 is 0 Å². The van der Waals surface area contributed by atoms with E-state index in [1.807, 2.05) is 25.1 Å². The van der Waals surface area contributed by atoms with Crippen LogP contribution in [0.5, 0.6) is 0 Å². The smallest absolute Gasteiger partial charge is 0.309 e. The number of carbonyl (C=O) groups is 1. The molecular weight excluding hydrogens is 242 g/mol. The van der Waals surface area contributed by atoms with Crippen LogP contribution in [0, 0.1) is 23.2 Å². The Morgan fingerprint density at radius 1 is 1.58 bits per heavy atom. The molecule has 0 aromatic carbocycles. The molecule has 0 N–H and O–H groups in total. The maximum Gasteiger partial charge on any atom is 0.309 e. The fourth-order valence-electron chi connectivity index (χ4n) is 2.52. The number of anilines is 1. The largest absolute Gasteiger partial charge is 0.469 e. The summed E-state index contributed by atoms with van der Waals surface area (Å²) in [6.07, 6.45) is 0.756. The van der Waals surface area contributed by atoms with Crippen LogP contribution in [-0.2, 0) is 9.53 Å². The fourth-order valence-corrected chi connectivity index (χ4v) is 2.52. The van der Waals surface area contributed by atoms with Crippen molar-refractivity contribution < 1.29 is 9.53 Å². The van der Waals surface area contributed by atoms with Crippen molar-refractivity contribution >= 4 is 11.8 Å². The Morgan fingerprint density at radius 2 is 2.37 bits per heavy atom. The number of methoxy groups -OCH3 is 1. The number of nitriles is 1. The summed E-state index contributed by atoms with van der Waals surface area (Å²) in [7, 11) is 1.43. The van der Waals surface area contributed by atoms with Crippen LogP contribution in [0.2, 0.25) is 0 Å². The summed E-state index contributed by atoms with van der Waals surface area (Å²) in [5, 5.41) is 8.87. The Kier molecular flexibility index (Phi) is 4.00. The minimum atomic E-state index is -0.133. The van der Waals surface area contributed by atoms with Crippen molar-refractivity contribution in [2.75, 3.05) is 25.1 Å². The second-order valence-electron chi connectivity index (χ2n) is 4.83. The standard InChI is InChI=1S/C14H17N3O2/c1-10-9-17(7-6-12(10)14(18)19-2)13-5-3-4-11(8-15)16-13/h3-5,10,12H,6-7,9H2,1-2H3. The first-order valence-corrected chi connectivity index (χ1v) is 6.35. The van der Waals surface area contributed by atoms with Crippen molar-refractivity contribution in [1.82, 2.24) is 4.98 Å². The lowest BCUT2D eigenvalue weighted by atomic mass is 9.87. The summed E-state index contributed by atoms with van der Waals surface area (Å²) in [5.41, 5.74) is 0.417. The Hall–Kier alpha value is -2.09. The molecular formula is C14H17N3O2. The number of piperidine rings is 1. The van der Waals surface area contributed by atoms with E-state index in [-0.39, 0.29) is 17.8 Å². The molecule has 19 heavy (non-hydrogen) atoms. The molecule has 0 radical (unpaired) electrons. The molecule has 1 saturated heterocycles. The SMILES string of the molecule is COC(=O)C1CCN(c2cccc(C#N)n2)CC1C. The van der Waals surface area contributed by atoms with E-state index in [2.05, 4.69) is 9.88 Å². The van der Waals surface area contributed by atoms with E-state index in [0.717, 1.165) is 25.3 Å². The van der Waals surface area contributed by atoms with E-state index >= 15 is 0 Å². The van der Waals surface area contributed by atoms with Gasteiger partial charge in [-0.1, -0.05) is 13.0 Å². The topological polar surface area (TPSA) is 66.2 Å². The minimum absolute atomic E-state index is 0.0413. The Balaban J connectivity index is 2.09. The first kappa shape index (κ1) is 13.3. The van der Waals surface area contributed by atoms with Gasteiger partial charge in [0.25, 0.3) is 0 Å². The lowest BCUT2D eigenvalue weighted by molar-refractivity contribution is -0.147. The van der Waals surface area contributed by atoms with Crippen molar-refractivity contribution in [3.63, 3.8) is 0 Å². The Bertz CT molecular complexity index is 510. The van der Waals surface area contributed by atoms with Crippen LogP contribution in [0.25, 0.3) is 0 Å². The van der Waals surface area contributed by atoms with Gasteiger partial charge in [-0.25, -0.2) is 4.98 Å². The summed E-state index contributed by atoms with van der Waals surface area (Å²) in [6.45, 7) is 3.55. The normalized spacial score (nSPS) is 22.7. The molecule has 0 aliphatic carbocycles. The third-order valence-corrected chi connectivity index (χ3v) is 3.58. The number of hydrogen-bond acceptors (Lipinski definition) is 5. The molecule has 100 valence electrons.